The summed E-state index contributed by atoms with van der Waals surface area (Å²) in [7, 11) is 0. The quantitative estimate of drug-likeness (QED) is 0.623. The largest absolute Gasteiger partial charge is 0.465 e. The van der Waals surface area contributed by atoms with Crippen LogP contribution >= 0.6 is 0 Å². The Bertz CT molecular complexity index is 1160. The van der Waals surface area contributed by atoms with E-state index in [4.69, 9.17) is 5.73 Å². The van der Waals surface area contributed by atoms with Crippen molar-refractivity contribution in [2.45, 2.75) is 39.2 Å². The van der Waals surface area contributed by atoms with Gasteiger partial charge in [-0.15, -0.1) is 0 Å². The molecule has 0 saturated carbocycles. The third kappa shape index (κ3) is 4.46. The highest BCUT2D eigenvalue weighted by atomic mass is 16.4. The van der Waals surface area contributed by atoms with Gasteiger partial charge < -0.3 is 20.6 Å². The van der Waals surface area contributed by atoms with E-state index in [9.17, 15) is 14.7 Å². The lowest BCUT2D eigenvalue weighted by Crippen LogP contribution is -2.49. The molecular formula is C23H29N7O3. The predicted octanol–water partition coefficient (Wildman–Crippen LogP) is 3.00. The van der Waals surface area contributed by atoms with E-state index in [1.165, 1.54) is 11.2 Å². The van der Waals surface area contributed by atoms with E-state index < -0.39 is 11.6 Å². The van der Waals surface area contributed by atoms with Gasteiger partial charge in [-0.25, -0.2) is 14.3 Å². The molecule has 33 heavy (non-hydrogen) atoms. The fraction of sp³-hybridized carbons (Fsp3) is 0.435. The number of hydrogen-bond donors (Lipinski definition) is 2. The van der Waals surface area contributed by atoms with Crippen molar-refractivity contribution < 1.29 is 14.7 Å². The smallest absolute Gasteiger partial charge is 0.407 e. The van der Waals surface area contributed by atoms with Crippen LogP contribution in [-0.2, 0) is 0 Å². The number of fused-ring (bicyclic) bond motifs is 1. The number of nitrogen functional groups attached to an aromatic ring is 1. The molecule has 0 unspecified atom stereocenters. The summed E-state index contributed by atoms with van der Waals surface area (Å²) in [6, 6.07) is 5.50. The first-order chi connectivity index (χ1) is 15.7. The van der Waals surface area contributed by atoms with Gasteiger partial charge in [-0.05, 0) is 57.7 Å². The van der Waals surface area contributed by atoms with E-state index in [1.54, 1.807) is 27.9 Å². The van der Waals surface area contributed by atoms with Crippen molar-refractivity contribution in [3.8, 4) is 11.3 Å². The van der Waals surface area contributed by atoms with Crippen molar-refractivity contribution in [1.82, 2.24) is 29.4 Å². The zero-order valence-corrected chi connectivity index (χ0v) is 19.1. The number of carbonyl (C=O) groups is 2. The van der Waals surface area contributed by atoms with Crippen molar-refractivity contribution in [3.05, 3.63) is 42.5 Å². The third-order valence-electron chi connectivity index (χ3n) is 6.17. The van der Waals surface area contributed by atoms with E-state index in [0.29, 0.717) is 30.7 Å². The zero-order chi connectivity index (χ0) is 23.8. The van der Waals surface area contributed by atoms with Crippen LogP contribution in [0.5, 0.6) is 0 Å². The maximum atomic E-state index is 13.5. The molecule has 0 atom stereocenters. The Morgan fingerprint density at radius 1 is 1.21 bits per heavy atom. The minimum atomic E-state index is -0.916. The fourth-order valence-electron chi connectivity index (χ4n) is 4.35. The van der Waals surface area contributed by atoms with Crippen LogP contribution < -0.4 is 5.73 Å². The Labute approximate surface area is 192 Å². The molecule has 1 aliphatic rings. The number of anilines is 1. The molecule has 1 fully saturated rings. The molecule has 4 rings (SSSR count). The molecule has 3 N–H and O–H groups in total. The molecule has 1 saturated heterocycles. The number of hydrogen-bond acceptors (Lipinski definition) is 6. The number of nitrogens with zero attached hydrogens (tertiary/aromatic N) is 6. The van der Waals surface area contributed by atoms with Crippen LogP contribution in [-0.4, -0.2) is 71.7 Å². The Morgan fingerprint density at radius 2 is 1.88 bits per heavy atom. The van der Waals surface area contributed by atoms with Gasteiger partial charge in [-0.2, -0.15) is 5.10 Å². The van der Waals surface area contributed by atoms with E-state index in [1.807, 2.05) is 32.9 Å². The molecule has 2 amide bonds. The first-order valence-corrected chi connectivity index (χ1v) is 11.0. The minimum absolute atomic E-state index is 0.126. The summed E-state index contributed by atoms with van der Waals surface area (Å²) >= 11 is 0. The molecule has 10 heteroatoms. The van der Waals surface area contributed by atoms with Crippen molar-refractivity contribution >= 4 is 23.3 Å². The summed E-state index contributed by atoms with van der Waals surface area (Å²) in [5, 5.41) is 13.9. The van der Waals surface area contributed by atoms with Crippen LogP contribution in [0.2, 0.25) is 0 Å². The normalized spacial score (nSPS) is 15.1. The van der Waals surface area contributed by atoms with Gasteiger partial charge in [-0.1, -0.05) is 0 Å². The molecule has 4 heterocycles. The average molecular weight is 452 g/mol. The molecule has 10 nitrogen and oxygen atoms in total. The Balaban J connectivity index is 1.55. The van der Waals surface area contributed by atoms with E-state index in [0.717, 1.165) is 24.1 Å². The monoisotopic (exact) mass is 451 g/mol. The summed E-state index contributed by atoms with van der Waals surface area (Å²) in [5.41, 5.74) is 8.23. The number of nitrogens with two attached hydrogens (primary N) is 1. The van der Waals surface area contributed by atoms with Gasteiger partial charge in [0.15, 0.2) is 5.82 Å². The van der Waals surface area contributed by atoms with Gasteiger partial charge in [0.25, 0.3) is 5.91 Å². The molecular weight excluding hydrogens is 422 g/mol. The number of carbonyl (C=O) groups excluding carboxylic acids is 1. The molecule has 0 bridgehead atoms. The maximum Gasteiger partial charge on any atom is 0.407 e. The van der Waals surface area contributed by atoms with Gasteiger partial charge in [-0.3, -0.25) is 9.78 Å². The summed E-state index contributed by atoms with van der Waals surface area (Å²) in [5.74, 6) is 0.320. The molecule has 0 aromatic carbocycles. The Morgan fingerprint density at radius 3 is 2.48 bits per heavy atom. The summed E-state index contributed by atoms with van der Waals surface area (Å²) in [6.45, 7) is 7.25. The van der Waals surface area contributed by atoms with Crippen LogP contribution in [0.15, 0.2) is 36.9 Å². The standard InChI is InChI=1S/C23H29N7O3/c1-23(2,3)29(22(32)33)13-15-6-10-28(11-7-15)21(31)17-12-18(16-4-8-25-9-5-16)30-19(17)20(24)26-14-27-30/h4-5,8-9,12,14-15H,6-7,10-11,13H2,1-3H3,(H,32,33)(H2,24,26,27). The number of piperidine rings is 1. The third-order valence-corrected chi connectivity index (χ3v) is 6.17. The number of amides is 2. The van der Waals surface area contributed by atoms with Crippen LogP contribution in [0.1, 0.15) is 44.0 Å². The molecule has 0 radical (unpaired) electrons. The predicted molar refractivity (Wildman–Crippen MR) is 124 cm³/mol. The lowest BCUT2D eigenvalue weighted by molar-refractivity contribution is 0.0585. The maximum absolute atomic E-state index is 13.5. The molecule has 0 spiro atoms. The SMILES string of the molecule is CC(C)(C)N(CC1CCN(C(=O)c2cc(-c3ccncc3)n3ncnc(N)c23)CC1)C(=O)O. The summed E-state index contributed by atoms with van der Waals surface area (Å²) in [6.07, 6.45) is 5.30. The van der Waals surface area contributed by atoms with Crippen molar-refractivity contribution in [2.75, 3.05) is 25.4 Å². The highest BCUT2D eigenvalue weighted by molar-refractivity contribution is 6.05. The van der Waals surface area contributed by atoms with E-state index in [2.05, 4.69) is 15.1 Å². The fourth-order valence-corrected chi connectivity index (χ4v) is 4.35. The minimum Gasteiger partial charge on any atom is -0.465 e. The number of pyridine rings is 1. The molecule has 3 aromatic rings. The van der Waals surface area contributed by atoms with Crippen LogP contribution in [0.4, 0.5) is 10.6 Å². The van der Waals surface area contributed by atoms with Crippen LogP contribution in [0.25, 0.3) is 16.8 Å². The second-order valence-corrected chi connectivity index (χ2v) is 9.38. The first kappa shape index (κ1) is 22.5. The van der Waals surface area contributed by atoms with Crippen molar-refractivity contribution in [2.24, 2.45) is 5.92 Å². The average Bonchev–Trinajstić information content (AvgIpc) is 3.18. The molecule has 1 aliphatic heterocycles. The van der Waals surface area contributed by atoms with Gasteiger partial charge in [0.05, 0.1) is 11.3 Å². The van der Waals surface area contributed by atoms with Gasteiger partial charge in [0.1, 0.15) is 11.8 Å². The van der Waals surface area contributed by atoms with E-state index >= 15 is 0 Å². The number of aromatic nitrogens is 4. The second kappa shape index (κ2) is 8.68. The Kier molecular flexibility index (Phi) is 5.92. The molecule has 0 aliphatic carbocycles. The van der Waals surface area contributed by atoms with Gasteiger partial charge in [0.2, 0.25) is 0 Å². The van der Waals surface area contributed by atoms with Gasteiger partial charge >= 0.3 is 6.09 Å². The highest BCUT2D eigenvalue weighted by Crippen LogP contribution is 2.30. The zero-order valence-electron chi connectivity index (χ0n) is 19.1. The van der Waals surface area contributed by atoms with Gasteiger partial charge in [0, 0.05) is 43.1 Å². The molecule has 3 aromatic heterocycles. The first-order valence-electron chi connectivity index (χ1n) is 11.0. The number of rotatable bonds is 4. The summed E-state index contributed by atoms with van der Waals surface area (Å²) in [4.78, 5) is 36.6. The topological polar surface area (TPSA) is 130 Å². The second-order valence-electron chi connectivity index (χ2n) is 9.38. The van der Waals surface area contributed by atoms with Crippen LogP contribution in [0.3, 0.4) is 0 Å². The lowest BCUT2D eigenvalue weighted by Gasteiger charge is -2.39. The Hall–Kier alpha value is -3.69. The van der Waals surface area contributed by atoms with E-state index in [-0.39, 0.29) is 17.6 Å². The highest BCUT2D eigenvalue weighted by Gasteiger charge is 2.32. The van der Waals surface area contributed by atoms with Crippen LogP contribution in [0, 0.1) is 5.92 Å². The number of carboxylic acid groups (broad SMARTS) is 1. The molecule has 174 valence electrons. The number of likely N-dealkylation sites (tertiary alicyclic amines) is 1. The van der Waals surface area contributed by atoms with Crippen molar-refractivity contribution in [3.63, 3.8) is 0 Å². The summed E-state index contributed by atoms with van der Waals surface area (Å²) < 4.78 is 1.64. The van der Waals surface area contributed by atoms with Crippen molar-refractivity contribution in [1.29, 1.82) is 0 Å². The lowest BCUT2D eigenvalue weighted by atomic mass is 9.94.